The van der Waals surface area contributed by atoms with E-state index in [2.05, 4.69) is 39.8 Å². The number of sulfonamides is 1. The Balaban J connectivity index is 1.75. The molecule has 4 aromatic heterocycles. The summed E-state index contributed by atoms with van der Waals surface area (Å²) in [5.41, 5.74) is 1.13. The first-order chi connectivity index (χ1) is 17.7. The second kappa shape index (κ2) is 11.1. The van der Waals surface area contributed by atoms with E-state index < -0.39 is 27.4 Å². The van der Waals surface area contributed by atoms with E-state index in [0.29, 0.717) is 28.0 Å². The molecule has 0 spiro atoms. The van der Waals surface area contributed by atoms with Crippen LogP contribution in [0.5, 0.6) is 5.88 Å². The van der Waals surface area contributed by atoms with Gasteiger partial charge in [0.25, 0.3) is 0 Å². The second-order valence-electron chi connectivity index (χ2n) is 7.90. The van der Waals surface area contributed by atoms with Gasteiger partial charge in [-0.2, -0.15) is 0 Å². The average molecular weight is 546 g/mol. The predicted octanol–water partition coefficient (Wildman–Crippen LogP) is 2.71. The molecule has 0 aliphatic rings. The molecule has 0 fully saturated rings. The zero-order valence-electron chi connectivity index (χ0n) is 20.3. The quantitative estimate of drug-likeness (QED) is 0.312. The number of ether oxygens (including phenoxy) is 2. The fraction of sp³-hybridized carbons (Fsp3) is 0.318. The summed E-state index contributed by atoms with van der Waals surface area (Å²) in [5, 5.41) is 7.59. The molecule has 0 aliphatic carbocycles. The van der Waals surface area contributed by atoms with Crippen LogP contribution in [0, 0.1) is 0 Å². The second-order valence-corrected chi connectivity index (χ2v) is 10.4. The number of hydrogen-bond acceptors (Lipinski definition) is 11. The first kappa shape index (κ1) is 26.3. The minimum absolute atomic E-state index is 0.0327. The first-order valence-electron chi connectivity index (χ1n) is 11.0. The van der Waals surface area contributed by atoms with Crippen LogP contribution in [0.4, 0.5) is 5.95 Å². The third kappa shape index (κ3) is 5.65. The minimum Gasteiger partial charge on any atom is -0.481 e. The Morgan fingerprint density at radius 1 is 1.03 bits per heavy atom. The largest absolute Gasteiger partial charge is 0.481 e. The van der Waals surface area contributed by atoms with Gasteiger partial charge in [-0.15, -0.1) is 10.2 Å². The molecule has 0 saturated heterocycles. The van der Waals surface area contributed by atoms with Crippen molar-refractivity contribution in [2.75, 3.05) is 18.9 Å². The van der Waals surface area contributed by atoms with Gasteiger partial charge in [-0.1, -0.05) is 17.7 Å². The molecule has 0 amide bonds. The molecule has 4 heterocycles. The summed E-state index contributed by atoms with van der Waals surface area (Å²) in [4.78, 5) is 20.8. The van der Waals surface area contributed by atoms with Gasteiger partial charge in [-0.3, -0.25) is 9.29 Å². The highest BCUT2D eigenvalue weighted by atomic mass is 35.5. The van der Waals surface area contributed by atoms with Crippen molar-refractivity contribution in [2.45, 2.75) is 31.2 Å². The Kier molecular flexibility index (Phi) is 7.90. The standard InChI is InChI=1S/C22H24ClN9O4S/c1-13(15-8-24-12-25-9-15)32-21(17-6-5-7-18(28-17)35-3)29-30-22(32)31-37(33,34)14(2)19(36-4)20-26-10-16(23)11-27-20/h5-14,19H,1-4H3,(H,30,31)/t13-,14+,19+/m1/s1. The molecule has 1 N–H and O–H groups in total. The van der Waals surface area contributed by atoms with Gasteiger partial charge in [0, 0.05) is 43.5 Å². The van der Waals surface area contributed by atoms with E-state index in [4.69, 9.17) is 21.1 Å². The smallest absolute Gasteiger partial charge is 0.240 e. The van der Waals surface area contributed by atoms with Crippen molar-refractivity contribution >= 4 is 27.6 Å². The number of methoxy groups -OCH3 is 2. The van der Waals surface area contributed by atoms with Crippen molar-refractivity contribution in [3.63, 3.8) is 0 Å². The van der Waals surface area contributed by atoms with Crippen molar-refractivity contribution in [1.29, 1.82) is 0 Å². The summed E-state index contributed by atoms with van der Waals surface area (Å²) in [6.45, 7) is 3.32. The van der Waals surface area contributed by atoms with Crippen LogP contribution >= 0.6 is 11.6 Å². The zero-order valence-corrected chi connectivity index (χ0v) is 21.9. The molecular formula is C22H24ClN9O4S. The fourth-order valence-electron chi connectivity index (χ4n) is 3.59. The number of pyridine rings is 1. The number of rotatable bonds is 10. The molecule has 0 aromatic carbocycles. The lowest BCUT2D eigenvalue weighted by Gasteiger charge is -2.23. The van der Waals surface area contributed by atoms with Gasteiger partial charge in [-0.25, -0.2) is 33.3 Å². The van der Waals surface area contributed by atoms with E-state index in [1.807, 2.05) is 6.92 Å². The highest BCUT2D eigenvalue weighted by Crippen LogP contribution is 2.30. The maximum atomic E-state index is 13.5. The molecule has 13 nitrogen and oxygen atoms in total. The van der Waals surface area contributed by atoms with Crippen LogP contribution in [0.3, 0.4) is 0 Å². The molecule has 4 aromatic rings. The van der Waals surface area contributed by atoms with Crippen LogP contribution in [-0.2, 0) is 14.8 Å². The van der Waals surface area contributed by atoms with Gasteiger partial charge >= 0.3 is 0 Å². The van der Waals surface area contributed by atoms with Crippen molar-refractivity contribution in [2.24, 2.45) is 0 Å². The number of halogens is 1. The first-order valence-corrected chi connectivity index (χ1v) is 12.9. The number of aromatic nitrogens is 8. The summed E-state index contributed by atoms with van der Waals surface area (Å²) < 4.78 is 41.8. The fourth-order valence-corrected chi connectivity index (χ4v) is 4.83. The molecule has 0 aliphatic heterocycles. The molecule has 0 saturated carbocycles. The Labute approximate surface area is 218 Å². The number of anilines is 1. The minimum atomic E-state index is -4.09. The molecule has 194 valence electrons. The highest BCUT2D eigenvalue weighted by molar-refractivity contribution is 7.93. The molecular weight excluding hydrogens is 522 g/mol. The summed E-state index contributed by atoms with van der Waals surface area (Å²) in [5.74, 6) is 0.811. The van der Waals surface area contributed by atoms with Crippen LogP contribution in [0.2, 0.25) is 5.02 Å². The highest BCUT2D eigenvalue weighted by Gasteiger charge is 2.35. The van der Waals surface area contributed by atoms with Crippen LogP contribution in [0.15, 0.2) is 49.3 Å². The van der Waals surface area contributed by atoms with Crippen LogP contribution in [-0.4, -0.2) is 67.6 Å². The van der Waals surface area contributed by atoms with Crippen molar-refractivity contribution in [1.82, 2.24) is 39.7 Å². The summed E-state index contributed by atoms with van der Waals surface area (Å²) in [6.07, 6.45) is 6.42. The Hall–Kier alpha value is -3.75. The van der Waals surface area contributed by atoms with Gasteiger partial charge in [0.1, 0.15) is 23.4 Å². The van der Waals surface area contributed by atoms with E-state index in [0.717, 1.165) is 0 Å². The normalized spacial score (nSPS) is 14.1. The van der Waals surface area contributed by atoms with Crippen LogP contribution in [0.25, 0.3) is 11.5 Å². The molecule has 15 heteroatoms. The molecule has 4 rings (SSSR count). The molecule has 0 bridgehead atoms. The lowest BCUT2D eigenvalue weighted by atomic mass is 10.1. The van der Waals surface area contributed by atoms with Gasteiger partial charge in [-0.05, 0) is 19.9 Å². The van der Waals surface area contributed by atoms with E-state index >= 15 is 0 Å². The summed E-state index contributed by atoms with van der Waals surface area (Å²) >= 11 is 5.87. The summed E-state index contributed by atoms with van der Waals surface area (Å²) in [6, 6.07) is 4.69. The van der Waals surface area contributed by atoms with Crippen LogP contribution < -0.4 is 9.46 Å². The van der Waals surface area contributed by atoms with Gasteiger partial charge in [0.05, 0.1) is 18.2 Å². The Morgan fingerprint density at radius 3 is 2.38 bits per heavy atom. The Bertz CT molecular complexity index is 1450. The average Bonchev–Trinajstić information content (AvgIpc) is 3.32. The van der Waals surface area contributed by atoms with Gasteiger partial charge < -0.3 is 9.47 Å². The number of hydrogen-bond donors (Lipinski definition) is 1. The third-order valence-corrected chi connectivity index (χ3v) is 7.49. The summed E-state index contributed by atoms with van der Waals surface area (Å²) in [7, 11) is -1.22. The lowest BCUT2D eigenvalue weighted by Crippen LogP contribution is -2.33. The van der Waals surface area contributed by atoms with Crippen LogP contribution in [0.1, 0.15) is 37.4 Å². The zero-order chi connectivity index (χ0) is 26.6. The molecule has 0 radical (unpaired) electrons. The van der Waals surface area contributed by atoms with E-state index in [9.17, 15) is 8.42 Å². The van der Waals surface area contributed by atoms with Crippen molar-refractivity contribution in [3.8, 4) is 17.4 Å². The van der Waals surface area contributed by atoms with E-state index in [1.54, 1.807) is 35.2 Å². The SMILES string of the molecule is COc1cccc(-c2nnc(NS(=O)(=O)[C@@H](C)[C@H](OC)c3ncc(Cl)cn3)n2[C@H](C)c2cncnc2)n1. The third-order valence-electron chi connectivity index (χ3n) is 5.61. The topological polar surface area (TPSA) is 160 Å². The van der Waals surface area contributed by atoms with Gasteiger partial charge in [0.15, 0.2) is 11.6 Å². The molecule has 37 heavy (non-hydrogen) atoms. The molecule has 0 unspecified atom stereocenters. The maximum Gasteiger partial charge on any atom is 0.240 e. The molecule has 3 atom stereocenters. The van der Waals surface area contributed by atoms with E-state index in [-0.39, 0.29) is 11.8 Å². The van der Waals surface area contributed by atoms with E-state index in [1.165, 1.54) is 39.9 Å². The number of nitrogens with one attached hydrogen (secondary N) is 1. The van der Waals surface area contributed by atoms with Gasteiger partial charge in [0.2, 0.25) is 21.9 Å². The predicted molar refractivity (Wildman–Crippen MR) is 134 cm³/mol. The lowest BCUT2D eigenvalue weighted by molar-refractivity contribution is 0.0950. The van der Waals surface area contributed by atoms with Crippen molar-refractivity contribution in [3.05, 3.63) is 65.7 Å². The number of nitrogens with zero attached hydrogens (tertiary/aromatic N) is 8. The monoisotopic (exact) mass is 545 g/mol. The van der Waals surface area contributed by atoms with Crippen molar-refractivity contribution < 1.29 is 17.9 Å². The maximum absolute atomic E-state index is 13.5. The Morgan fingerprint density at radius 2 is 1.73 bits per heavy atom.